The highest BCUT2D eigenvalue weighted by molar-refractivity contribution is 5.80. The number of carbonyl (C=O) groups is 1. The highest BCUT2D eigenvalue weighted by atomic mass is 16.2. The zero-order chi connectivity index (χ0) is 12.5. The van der Waals surface area contributed by atoms with Gasteiger partial charge < -0.3 is 15.1 Å². The minimum atomic E-state index is 0.368. The summed E-state index contributed by atoms with van der Waals surface area (Å²) in [6.45, 7) is 3.27. The Morgan fingerprint density at radius 3 is 2.94 bits per heavy atom. The van der Waals surface area contributed by atoms with Crippen LogP contribution in [-0.4, -0.2) is 60.5 Å². The molecule has 0 aliphatic carbocycles. The second kappa shape index (κ2) is 5.17. The van der Waals surface area contributed by atoms with Gasteiger partial charge in [0.1, 0.15) is 0 Å². The average Bonchev–Trinajstić information content (AvgIpc) is 2.94. The Morgan fingerprint density at radius 2 is 2.11 bits per heavy atom. The van der Waals surface area contributed by atoms with Gasteiger partial charge in [-0.05, 0) is 39.3 Å². The molecule has 0 aromatic carbocycles. The molecule has 3 aliphatic heterocycles. The van der Waals surface area contributed by atoms with Crippen molar-refractivity contribution in [2.45, 2.75) is 56.7 Å². The topological polar surface area (TPSA) is 35.6 Å². The van der Waals surface area contributed by atoms with Gasteiger partial charge in [0, 0.05) is 37.6 Å². The smallest absolute Gasteiger partial charge is 0.224 e. The normalized spacial score (nSPS) is 37.3. The summed E-state index contributed by atoms with van der Waals surface area (Å²) in [5.74, 6) is 0.368. The summed E-state index contributed by atoms with van der Waals surface area (Å²) in [5.41, 5.74) is 0. The van der Waals surface area contributed by atoms with Crippen LogP contribution in [0.4, 0.5) is 0 Å². The van der Waals surface area contributed by atoms with Crippen molar-refractivity contribution in [2.24, 2.45) is 0 Å². The molecule has 4 heteroatoms. The number of likely N-dealkylation sites (N-methyl/N-ethyl adjacent to an activating group) is 1. The third-order valence-corrected chi connectivity index (χ3v) is 5.02. The van der Waals surface area contributed by atoms with E-state index in [1.807, 2.05) is 0 Å². The largest absolute Gasteiger partial charge is 0.338 e. The summed E-state index contributed by atoms with van der Waals surface area (Å²) in [4.78, 5) is 16.4. The zero-order valence-electron chi connectivity index (χ0n) is 11.4. The highest BCUT2D eigenvalue weighted by Gasteiger charge is 2.42. The molecular formula is C14H25N3O. The Morgan fingerprint density at radius 1 is 1.22 bits per heavy atom. The van der Waals surface area contributed by atoms with Gasteiger partial charge in [0.25, 0.3) is 0 Å². The number of hydrogen-bond donors (Lipinski definition) is 1. The first-order valence-corrected chi connectivity index (χ1v) is 7.49. The molecule has 102 valence electrons. The summed E-state index contributed by atoms with van der Waals surface area (Å²) >= 11 is 0. The Hall–Kier alpha value is -0.610. The molecule has 0 aromatic heterocycles. The maximum atomic E-state index is 11.9. The van der Waals surface area contributed by atoms with Crippen molar-refractivity contribution in [3.63, 3.8) is 0 Å². The van der Waals surface area contributed by atoms with E-state index in [2.05, 4.69) is 22.2 Å². The van der Waals surface area contributed by atoms with Crippen LogP contribution in [0.25, 0.3) is 0 Å². The summed E-state index contributed by atoms with van der Waals surface area (Å²) < 4.78 is 0. The molecule has 0 aromatic rings. The number of likely N-dealkylation sites (tertiary alicyclic amines) is 1. The van der Waals surface area contributed by atoms with Gasteiger partial charge in [-0.3, -0.25) is 4.79 Å². The number of nitrogens with one attached hydrogen (secondary N) is 1. The van der Waals surface area contributed by atoms with Crippen molar-refractivity contribution in [1.29, 1.82) is 0 Å². The lowest BCUT2D eigenvalue weighted by Gasteiger charge is -2.34. The molecule has 3 heterocycles. The van der Waals surface area contributed by atoms with E-state index >= 15 is 0 Å². The summed E-state index contributed by atoms with van der Waals surface area (Å²) in [6, 6.07) is 1.58. The van der Waals surface area contributed by atoms with Gasteiger partial charge in [-0.2, -0.15) is 0 Å². The number of nitrogens with zero attached hydrogens (tertiary/aromatic N) is 2. The fourth-order valence-electron chi connectivity index (χ4n) is 3.86. The molecular weight excluding hydrogens is 226 g/mol. The molecule has 3 aliphatic rings. The number of rotatable bonds is 3. The second-order valence-electron chi connectivity index (χ2n) is 6.15. The van der Waals surface area contributed by atoms with Gasteiger partial charge in [0.05, 0.1) is 0 Å². The number of fused-ring (bicyclic) bond motifs is 1. The van der Waals surface area contributed by atoms with Crippen molar-refractivity contribution in [3.8, 4) is 0 Å². The van der Waals surface area contributed by atoms with E-state index < -0.39 is 0 Å². The van der Waals surface area contributed by atoms with Gasteiger partial charge in [-0.15, -0.1) is 0 Å². The van der Waals surface area contributed by atoms with E-state index in [9.17, 15) is 4.79 Å². The molecule has 3 unspecified atom stereocenters. The van der Waals surface area contributed by atoms with Crippen LogP contribution in [0.15, 0.2) is 0 Å². The average molecular weight is 251 g/mol. The lowest BCUT2D eigenvalue weighted by atomic mass is 10.0. The van der Waals surface area contributed by atoms with E-state index in [1.54, 1.807) is 0 Å². The van der Waals surface area contributed by atoms with Crippen molar-refractivity contribution in [1.82, 2.24) is 15.1 Å². The molecule has 0 saturated carbocycles. The van der Waals surface area contributed by atoms with Crippen molar-refractivity contribution in [2.75, 3.05) is 26.7 Å². The highest BCUT2D eigenvalue weighted by Crippen LogP contribution is 2.29. The Bertz CT molecular complexity index is 320. The number of carbonyl (C=O) groups excluding carboxylic acids is 1. The second-order valence-corrected chi connectivity index (χ2v) is 6.15. The maximum absolute atomic E-state index is 11.9. The summed E-state index contributed by atoms with van der Waals surface area (Å²) in [6.07, 6.45) is 7.11. The van der Waals surface area contributed by atoms with Crippen molar-refractivity contribution >= 4 is 5.91 Å². The van der Waals surface area contributed by atoms with Gasteiger partial charge in [-0.1, -0.05) is 6.42 Å². The quantitative estimate of drug-likeness (QED) is 0.807. The van der Waals surface area contributed by atoms with Crippen LogP contribution in [0, 0.1) is 0 Å². The maximum Gasteiger partial charge on any atom is 0.224 e. The van der Waals surface area contributed by atoms with Gasteiger partial charge >= 0.3 is 0 Å². The lowest BCUT2D eigenvalue weighted by molar-refractivity contribution is -0.127. The number of amides is 1. The summed E-state index contributed by atoms with van der Waals surface area (Å²) in [5, 5.41) is 3.68. The van der Waals surface area contributed by atoms with E-state index in [-0.39, 0.29) is 0 Å². The first-order valence-electron chi connectivity index (χ1n) is 7.49. The van der Waals surface area contributed by atoms with Crippen LogP contribution in [0.5, 0.6) is 0 Å². The van der Waals surface area contributed by atoms with E-state index in [0.717, 1.165) is 19.5 Å². The number of piperidine rings is 1. The molecule has 3 fully saturated rings. The lowest BCUT2D eigenvalue weighted by Crippen LogP contribution is -2.48. The first kappa shape index (κ1) is 12.4. The minimum absolute atomic E-state index is 0.368. The Balaban J connectivity index is 1.52. The van der Waals surface area contributed by atoms with Crippen LogP contribution < -0.4 is 5.32 Å². The molecule has 0 spiro atoms. The van der Waals surface area contributed by atoms with E-state index in [1.165, 1.54) is 38.6 Å². The standard InChI is InChI=1S/C14H25N3O/c1-16-7-3-2-5-11(16)10-15-12-9-14(18)17-8-4-6-13(12)17/h11-13,15H,2-10H2,1H3. The van der Waals surface area contributed by atoms with E-state index in [0.29, 0.717) is 24.0 Å². The Kier molecular flexibility index (Phi) is 3.57. The van der Waals surface area contributed by atoms with Crippen LogP contribution >= 0.6 is 0 Å². The monoisotopic (exact) mass is 251 g/mol. The predicted octanol–water partition coefficient (Wildman–Crippen LogP) is 0.824. The fraction of sp³-hybridized carbons (Fsp3) is 0.929. The zero-order valence-corrected chi connectivity index (χ0v) is 11.4. The first-order chi connectivity index (χ1) is 8.75. The molecule has 1 N–H and O–H groups in total. The molecule has 18 heavy (non-hydrogen) atoms. The Labute approximate surface area is 110 Å². The van der Waals surface area contributed by atoms with Gasteiger partial charge in [-0.25, -0.2) is 0 Å². The SMILES string of the molecule is CN1CCCCC1CNC1CC(=O)N2CCCC12. The molecule has 1 amide bonds. The van der Waals surface area contributed by atoms with Crippen LogP contribution in [-0.2, 0) is 4.79 Å². The third-order valence-electron chi connectivity index (χ3n) is 5.02. The molecule has 3 saturated heterocycles. The molecule has 3 rings (SSSR count). The van der Waals surface area contributed by atoms with Crippen molar-refractivity contribution < 1.29 is 4.79 Å². The predicted molar refractivity (Wildman–Crippen MR) is 71.4 cm³/mol. The minimum Gasteiger partial charge on any atom is -0.338 e. The van der Waals surface area contributed by atoms with Gasteiger partial charge in [0.15, 0.2) is 0 Å². The number of hydrogen-bond acceptors (Lipinski definition) is 3. The van der Waals surface area contributed by atoms with Crippen LogP contribution in [0.1, 0.15) is 38.5 Å². The van der Waals surface area contributed by atoms with Crippen LogP contribution in [0.3, 0.4) is 0 Å². The van der Waals surface area contributed by atoms with Gasteiger partial charge in [0.2, 0.25) is 5.91 Å². The fourth-order valence-corrected chi connectivity index (χ4v) is 3.86. The van der Waals surface area contributed by atoms with Crippen LogP contribution in [0.2, 0.25) is 0 Å². The third kappa shape index (κ3) is 2.28. The van der Waals surface area contributed by atoms with E-state index in [4.69, 9.17) is 0 Å². The molecule has 0 bridgehead atoms. The van der Waals surface area contributed by atoms with Crippen molar-refractivity contribution in [3.05, 3.63) is 0 Å². The summed E-state index contributed by atoms with van der Waals surface area (Å²) in [7, 11) is 2.23. The molecule has 3 atom stereocenters. The molecule has 4 nitrogen and oxygen atoms in total. The molecule has 0 radical (unpaired) electrons.